The van der Waals surface area contributed by atoms with Gasteiger partial charge in [0.05, 0.1) is 5.41 Å². The Labute approximate surface area is 105 Å². The second-order valence-corrected chi connectivity index (χ2v) is 6.84. The van der Waals surface area contributed by atoms with Crippen LogP contribution in [0.2, 0.25) is 0 Å². The normalized spacial score (nSPS) is 21.8. The third-order valence-electron chi connectivity index (χ3n) is 3.92. The lowest BCUT2D eigenvalue weighted by atomic mass is 9.72. The number of piperidine rings is 1. The molecule has 0 aromatic rings. The average Bonchev–Trinajstić information content (AvgIpc) is 2.15. The Kier molecular flexibility index (Phi) is 4.23. The van der Waals surface area contributed by atoms with Crippen LogP contribution in [0.1, 0.15) is 53.9 Å². The third-order valence-corrected chi connectivity index (χ3v) is 3.92. The Morgan fingerprint density at radius 3 is 2.06 bits per heavy atom. The average molecular weight is 241 g/mol. The molecule has 1 aliphatic heterocycles. The minimum atomic E-state index is -0.597. The van der Waals surface area contributed by atoms with Crippen LogP contribution in [0.3, 0.4) is 0 Å². The van der Waals surface area contributed by atoms with E-state index in [1.165, 1.54) is 0 Å². The Morgan fingerprint density at radius 1 is 1.29 bits per heavy atom. The first-order chi connectivity index (χ1) is 7.67. The zero-order valence-corrected chi connectivity index (χ0v) is 11.9. The van der Waals surface area contributed by atoms with E-state index < -0.39 is 11.4 Å². The molecule has 0 bridgehead atoms. The van der Waals surface area contributed by atoms with Crippen molar-refractivity contribution >= 4 is 5.97 Å². The summed E-state index contributed by atoms with van der Waals surface area (Å²) in [7, 11) is 0. The van der Waals surface area contributed by atoms with Gasteiger partial charge >= 0.3 is 5.97 Å². The summed E-state index contributed by atoms with van der Waals surface area (Å²) in [6.07, 6.45) is 2.38. The maximum Gasteiger partial charge on any atom is 0.309 e. The van der Waals surface area contributed by atoms with E-state index in [0.717, 1.165) is 32.4 Å². The summed E-state index contributed by atoms with van der Waals surface area (Å²) in [5, 5.41) is 9.51. The summed E-state index contributed by atoms with van der Waals surface area (Å²) in [5.74, 6) is -0.146. The molecule has 0 saturated carbocycles. The maximum absolute atomic E-state index is 11.5. The van der Waals surface area contributed by atoms with Gasteiger partial charge in [-0.3, -0.25) is 9.69 Å². The van der Waals surface area contributed by atoms with E-state index in [1.807, 2.05) is 0 Å². The lowest BCUT2D eigenvalue weighted by Gasteiger charge is -2.45. The molecule has 100 valence electrons. The molecule has 3 nitrogen and oxygen atoms in total. The number of hydrogen-bond acceptors (Lipinski definition) is 2. The summed E-state index contributed by atoms with van der Waals surface area (Å²) in [6.45, 7) is 12.6. The smallest absolute Gasteiger partial charge is 0.309 e. The maximum atomic E-state index is 11.5. The molecule has 1 fully saturated rings. The molecule has 1 N–H and O–H groups in total. The third kappa shape index (κ3) is 3.44. The molecule has 0 radical (unpaired) electrons. The minimum absolute atomic E-state index is 0.155. The van der Waals surface area contributed by atoms with Gasteiger partial charge in [0.15, 0.2) is 0 Å². The number of hydrogen-bond donors (Lipinski definition) is 1. The fourth-order valence-corrected chi connectivity index (χ4v) is 2.89. The van der Waals surface area contributed by atoms with Gasteiger partial charge in [0, 0.05) is 5.54 Å². The highest BCUT2D eigenvalue weighted by Crippen LogP contribution is 2.39. The van der Waals surface area contributed by atoms with Gasteiger partial charge < -0.3 is 5.11 Å². The highest BCUT2D eigenvalue weighted by atomic mass is 16.4. The van der Waals surface area contributed by atoms with E-state index in [2.05, 4.69) is 39.5 Å². The molecule has 0 unspecified atom stereocenters. The van der Waals surface area contributed by atoms with Crippen molar-refractivity contribution in [1.29, 1.82) is 0 Å². The van der Waals surface area contributed by atoms with Crippen LogP contribution in [0.15, 0.2) is 0 Å². The lowest BCUT2D eigenvalue weighted by molar-refractivity contribution is -0.154. The van der Waals surface area contributed by atoms with Gasteiger partial charge in [-0.2, -0.15) is 0 Å². The Hall–Kier alpha value is -0.570. The lowest BCUT2D eigenvalue weighted by Crippen LogP contribution is -2.51. The number of carboxylic acid groups (broad SMARTS) is 1. The van der Waals surface area contributed by atoms with Gasteiger partial charge in [-0.1, -0.05) is 13.8 Å². The van der Waals surface area contributed by atoms with Crippen molar-refractivity contribution in [1.82, 2.24) is 4.90 Å². The van der Waals surface area contributed by atoms with Gasteiger partial charge in [0.2, 0.25) is 0 Å². The molecule has 1 aliphatic rings. The molecule has 0 amide bonds. The van der Waals surface area contributed by atoms with Crippen LogP contribution in [-0.4, -0.2) is 34.6 Å². The summed E-state index contributed by atoms with van der Waals surface area (Å²) in [6, 6.07) is 0. The Bertz CT molecular complexity index is 270. The molecule has 0 spiro atoms. The number of carbonyl (C=O) groups is 1. The zero-order chi connectivity index (χ0) is 13.3. The topological polar surface area (TPSA) is 40.5 Å². The van der Waals surface area contributed by atoms with E-state index in [4.69, 9.17) is 0 Å². The van der Waals surface area contributed by atoms with Crippen molar-refractivity contribution in [2.45, 2.75) is 59.4 Å². The van der Waals surface area contributed by atoms with Gasteiger partial charge in [0.25, 0.3) is 0 Å². The van der Waals surface area contributed by atoms with E-state index in [0.29, 0.717) is 5.92 Å². The van der Waals surface area contributed by atoms with Gasteiger partial charge in [-0.15, -0.1) is 0 Å². The standard InChI is InChI=1S/C14H27NO2/c1-11(2)10-14(12(16)17)6-8-15(9-7-14)13(3,4)5/h11H,6-10H2,1-5H3,(H,16,17). The van der Waals surface area contributed by atoms with E-state index >= 15 is 0 Å². The molecule has 0 aromatic heterocycles. The van der Waals surface area contributed by atoms with Crippen LogP contribution in [-0.2, 0) is 4.79 Å². The first-order valence-electron chi connectivity index (χ1n) is 6.66. The van der Waals surface area contributed by atoms with Crippen LogP contribution in [0.25, 0.3) is 0 Å². The van der Waals surface area contributed by atoms with Crippen LogP contribution in [0.5, 0.6) is 0 Å². The molecule has 0 aliphatic carbocycles. The summed E-state index contributed by atoms with van der Waals surface area (Å²) >= 11 is 0. The predicted molar refractivity (Wildman–Crippen MR) is 70.1 cm³/mol. The fraction of sp³-hybridized carbons (Fsp3) is 0.929. The second kappa shape index (κ2) is 4.97. The molecule has 1 heterocycles. The molecule has 3 heteroatoms. The van der Waals surface area contributed by atoms with Gasteiger partial charge in [-0.05, 0) is 59.0 Å². The predicted octanol–water partition coefficient (Wildman–Crippen LogP) is 3.00. The Balaban J connectivity index is 2.71. The first kappa shape index (κ1) is 14.5. The second-order valence-electron chi connectivity index (χ2n) is 6.84. The van der Waals surface area contributed by atoms with E-state index in [9.17, 15) is 9.90 Å². The number of rotatable bonds is 3. The van der Waals surface area contributed by atoms with Crippen LogP contribution >= 0.6 is 0 Å². The van der Waals surface area contributed by atoms with E-state index in [-0.39, 0.29) is 5.54 Å². The highest BCUT2D eigenvalue weighted by molar-refractivity contribution is 5.74. The first-order valence-corrected chi connectivity index (χ1v) is 6.66. The van der Waals surface area contributed by atoms with Crippen LogP contribution in [0.4, 0.5) is 0 Å². The van der Waals surface area contributed by atoms with Crippen molar-refractivity contribution in [3.05, 3.63) is 0 Å². The highest BCUT2D eigenvalue weighted by Gasteiger charge is 2.43. The molecule has 0 aromatic carbocycles. The molecular weight excluding hydrogens is 214 g/mol. The number of nitrogens with zero attached hydrogens (tertiary/aromatic N) is 1. The van der Waals surface area contributed by atoms with Crippen LogP contribution in [0, 0.1) is 11.3 Å². The molecule has 1 rings (SSSR count). The number of carboxylic acids is 1. The quantitative estimate of drug-likeness (QED) is 0.825. The summed E-state index contributed by atoms with van der Waals surface area (Å²) in [5.41, 5.74) is -0.321. The molecule has 17 heavy (non-hydrogen) atoms. The molecule has 0 atom stereocenters. The van der Waals surface area contributed by atoms with E-state index in [1.54, 1.807) is 0 Å². The summed E-state index contributed by atoms with van der Waals surface area (Å²) < 4.78 is 0. The fourth-order valence-electron chi connectivity index (χ4n) is 2.89. The molecular formula is C14H27NO2. The van der Waals surface area contributed by atoms with Crippen molar-refractivity contribution in [2.24, 2.45) is 11.3 Å². The zero-order valence-electron chi connectivity index (χ0n) is 11.9. The Morgan fingerprint density at radius 2 is 1.76 bits per heavy atom. The number of aliphatic carboxylic acids is 1. The van der Waals surface area contributed by atoms with Gasteiger partial charge in [0.1, 0.15) is 0 Å². The number of likely N-dealkylation sites (tertiary alicyclic amines) is 1. The minimum Gasteiger partial charge on any atom is -0.481 e. The molecule has 1 saturated heterocycles. The monoisotopic (exact) mass is 241 g/mol. The SMILES string of the molecule is CC(C)CC1(C(=O)O)CCN(C(C)(C)C)CC1. The van der Waals surface area contributed by atoms with Crippen molar-refractivity contribution in [3.63, 3.8) is 0 Å². The summed E-state index contributed by atoms with van der Waals surface area (Å²) in [4.78, 5) is 13.9. The van der Waals surface area contributed by atoms with Crippen molar-refractivity contribution in [3.8, 4) is 0 Å². The van der Waals surface area contributed by atoms with Crippen LogP contribution < -0.4 is 0 Å². The van der Waals surface area contributed by atoms with Crippen molar-refractivity contribution < 1.29 is 9.90 Å². The van der Waals surface area contributed by atoms with Crippen molar-refractivity contribution in [2.75, 3.05) is 13.1 Å². The van der Waals surface area contributed by atoms with Gasteiger partial charge in [-0.25, -0.2) is 0 Å². The largest absolute Gasteiger partial charge is 0.481 e.